The Morgan fingerprint density at radius 3 is 2.47 bits per heavy atom. The maximum absolute atomic E-state index is 5.64. The summed E-state index contributed by atoms with van der Waals surface area (Å²) in [6.45, 7) is 0. The van der Waals surface area contributed by atoms with Crippen LogP contribution in [0.15, 0.2) is 0 Å². The Labute approximate surface area is 106 Å². The summed E-state index contributed by atoms with van der Waals surface area (Å²) >= 11 is 0. The van der Waals surface area contributed by atoms with E-state index in [2.05, 4.69) is 6.42 Å². The molecule has 4 atom stereocenters. The first-order valence-electron chi connectivity index (χ1n) is 7.24. The summed E-state index contributed by atoms with van der Waals surface area (Å²) in [5.41, 5.74) is 0. The molecular weight excluding hydrogens is 212 g/mol. The minimum absolute atomic E-state index is 0.478. The van der Waals surface area contributed by atoms with E-state index in [-0.39, 0.29) is 0 Å². The molecule has 0 saturated heterocycles. The predicted octanol–water partition coefficient (Wildman–Crippen LogP) is 3.60. The van der Waals surface area contributed by atoms with Gasteiger partial charge < -0.3 is 9.47 Å². The average Bonchev–Trinajstić information content (AvgIpc) is 2.39. The van der Waals surface area contributed by atoms with E-state index in [1.54, 1.807) is 0 Å². The number of hydrogen-bond donors (Lipinski definition) is 0. The predicted molar refractivity (Wildman–Crippen MR) is 69.8 cm³/mol. The van der Waals surface area contributed by atoms with Crippen LogP contribution in [-0.2, 0) is 9.47 Å². The Morgan fingerprint density at radius 1 is 0.882 bits per heavy atom. The van der Waals surface area contributed by atoms with E-state index in [9.17, 15) is 0 Å². The quantitative estimate of drug-likeness (QED) is 0.746. The van der Waals surface area contributed by atoms with E-state index in [0.29, 0.717) is 18.1 Å². The van der Waals surface area contributed by atoms with Crippen LogP contribution in [0.25, 0.3) is 0 Å². The van der Waals surface area contributed by atoms with Gasteiger partial charge in [0.05, 0.1) is 12.2 Å². The molecule has 2 nitrogen and oxygen atoms in total. The Balaban J connectivity index is 1.81. The summed E-state index contributed by atoms with van der Waals surface area (Å²) in [7, 11) is 3.72. The van der Waals surface area contributed by atoms with Crippen LogP contribution >= 0.6 is 0 Å². The smallest absolute Gasteiger partial charge is 0.0602 e. The summed E-state index contributed by atoms with van der Waals surface area (Å²) in [5, 5.41) is 0. The fourth-order valence-corrected chi connectivity index (χ4v) is 3.56. The molecule has 4 unspecified atom stereocenters. The zero-order chi connectivity index (χ0) is 12.1. The first kappa shape index (κ1) is 13.4. The summed E-state index contributed by atoms with van der Waals surface area (Å²) in [6, 6.07) is 0. The van der Waals surface area contributed by atoms with Crippen LogP contribution in [0.4, 0.5) is 0 Å². The molecule has 0 bridgehead atoms. The van der Waals surface area contributed by atoms with Gasteiger partial charge in [0, 0.05) is 14.2 Å². The van der Waals surface area contributed by atoms with E-state index in [4.69, 9.17) is 9.47 Å². The highest BCUT2D eigenvalue weighted by Gasteiger charge is 2.30. The summed E-state index contributed by atoms with van der Waals surface area (Å²) < 4.78 is 11.1. The monoisotopic (exact) mass is 239 g/mol. The highest BCUT2D eigenvalue weighted by atomic mass is 16.5. The van der Waals surface area contributed by atoms with Gasteiger partial charge in [-0.25, -0.2) is 0 Å². The van der Waals surface area contributed by atoms with Gasteiger partial charge in [0.15, 0.2) is 0 Å². The van der Waals surface area contributed by atoms with Gasteiger partial charge in [0.25, 0.3) is 0 Å². The van der Waals surface area contributed by atoms with Crippen LogP contribution in [0, 0.1) is 18.3 Å². The Hall–Kier alpha value is -0.0800. The lowest BCUT2D eigenvalue weighted by atomic mass is 9.75. The molecule has 2 saturated carbocycles. The normalized spacial score (nSPS) is 39.2. The number of ether oxygens (including phenoxy) is 2. The van der Waals surface area contributed by atoms with E-state index in [1.807, 2.05) is 14.2 Å². The van der Waals surface area contributed by atoms with Crippen LogP contribution < -0.4 is 0 Å². The average molecular weight is 239 g/mol. The largest absolute Gasteiger partial charge is 0.381 e. The van der Waals surface area contributed by atoms with Crippen LogP contribution in [-0.4, -0.2) is 26.4 Å². The minimum atomic E-state index is 0.478. The molecule has 0 aliphatic heterocycles. The van der Waals surface area contributed by atoms with Crippen molar-refractivity contribution in [2.24, 2.45) is 11.8 Å². The van der Waals surface area contributed by atoms with Crippen molar-refractivity contribution in [3.8, 4) is 0 Å². The molecule has 2 aliphatic carbocycles. The lowest BCUT2D eigenvalue weighted by Crippen LogP contribution is -2.31. The summed E-state index contributed by atoms with van der Waals surface area (Å²) in [5.74, 6) is 1.45. The second-order valence-electron chi connectivity index (χ2n) is 5.70. The summed E-state index contributed by atoms with van der Waals surface area (Å²) in [4.78, 5) is 0. The first-order valence-corrected chi connectivity index (χ1v) is 7.24. The lowest BCUT2D eigenvalue weighted by molar-refractivity contribution is 0.0213. The van der Waals surface area contributed by atoms with Crippen LogP contribution in [0.1, 0.15) is 51.4 Å². The third kappa shape index (κ3) is 3.69. The molecule has 0 N–H and O–H groups in total. The Morgan fingerprint density at radius 2 is 1.71 bits per heavy atom. The van der Waals surface area contributed by atoms with Gasteiger partial charge in [0.1, 0.15) is 0 Å². The maximum Gasteiger partial charge on any atom is 0.0602 e. The van der Waals surface area contributed by atoms with Crippen molar-refractivity contribution in [3.05, 3.63) is 6.42 Å². The van der Waals surface area contributed by atoms with Crippen molar-refractivity contribution in [1.82, 2.24) is 0 Å². The molecule has 17 heavy (non-hydrogen) atoms. The van der Waals surface area contributed by atoms with Gasteiger partial charge in [-0.05, 0) is 50.4 Å². The zero-order valence-electron chi connectivity index (χ0n) is 11.4. The maximum atomic E-state index is 5.64. The lowest BCUT2D eigenvalue weighted by Gasteiger charge is -2.35. The SMILES string of the molecule is COC1CCCC([CH]C2CCCCC2OC)C1. The van der Waals surface area contributed by atoms with E-state index < -0.39 is 0 Å². The van der Waals surface area contributed by atoms with Crippen molar-refractivity contribution in [2.75, 3.05) is 14.2 Å². The fraction of sp³-hybridized carbons (Fsp3) is 0.933. The molecular formula is C15H27O2. The molecule has 0 heterocycles. The topological polar surface area (TPSA) is 18.5 Å². The first-order chi connectivity index (χ1) is 8.33. The van der Waals surface area contributed by atoms with E-state index >= 15 is 0 Å². The Kier molecular flexibility index (Phi) is 5.30. The minimum Gasteiger partial charge on any atom is -0.381 e. The van der Waals surface area contributed by atoms with Gasteiger partial charge in [0.2, 0.25) is 0 Å². The third-order valence-electron chi connectivity index (χ3n) is 4.58. The summed E-state index contributed by atoms with van der Waals surface area (Å²) in [6.07, 6.45) is 14.0. The van der Waals surface area contributed by atoms with Crippen molar-refractivity contribution in [1.29, 1.82) is 0 Å². The van der Waals surface area contributed by atoms with Crippen molar-refractivity contribution in [3.63, 3.8) is 0 Å². The zero-order valence-corrected chi connectivity index (χ0v) is 11.4. The molecule has 0 aromatic carbocycles. The second kappa shape index (κ2) is 6.75. The van der Waals surface area contributed by atoms with Gasteiger partial charge >= 0.3 is 0 Å². The van der Waals surface area contributed by atoms with Gasteiger partial charge in [-0.15, -0.1) is 0 Å². The highest BCUT2D eigenvalue weighted by Crippen LogP contribution is 2.36. The van der Waals surface area contributed by atoms with E-state index in [0.717, 1.165) is 5.92 Å². The standard InChI is InChI=1S/C15H27O2/c1-16-14-8-5-6-12(11-14)10-13-7-3-4-9-15(13)17-2/h10,12-15H,3-9,11H2,1-2H3. The molecule has 99 valence electrons. The third-order valence-corrected chi connectivity index (χ3v) is 4.58. The Bertz CT molecular complexity index is 217. The highest BCUT2D eigenvalue weighted by molar-refractivity contribution is 4.93. The number of rotatable bonds is 4. The molecule has 0 aromatic rings. The van der Waals surface area contributed by atoms with Crippen molar-refractivity contribution < 1.29 is 9.47 Å². The number of hydrogen-bond acceptors (Lipinski definition) is 2. The van der Waals surface area contributed by atoms with E-state index in [1.165, 1.54) is 51.4 Å². The fourth-order valence-electron chi connectivity index (χ4n) is 3.56. The molecule has 2 fully saturated rings. The molecule has 0 spiro atoms. The molecule has 2 heteroatoms. The molecule has 0 aromatic heterocycles. The van der Waals surface area contributed by atoms with Crippen LogP contribution in [0.5, 0.6) is 0 Å². The van der Waals surface area contributed by atoms with Crippen molar-refractivity contribution in [2.45, 2.75) is 63.6 Å². The molecule has 2 aliphatic rings. The van der Waals surface area contributed by atoms with Gasteiger partial charge in [-0.2, -0.15) is 0 Å². The molecule has 1 radical (unpaired) electrons. The van der Waals surface area contributed by atoms with Crippen LogP contribution in [0.2, 0.25) is 0 Å². The van der Waals surface area contributed by atoms with Crippen molar-refractivity contribution >= 4 is 0 Å². The molecule has 0 amide bonds. The number of methoxy groups -OCH3 is 2. The molecule has 2 rings (SSSR count). The van der Waals surface area contributed by atoms with Crippen LogP contribution in [0.3, 0.4) is 0 Å². The van der Waals surface area contributed by atoms with Gasteiger partial charge in [-0.3, -0.25) is 0 Å². The van der Waals surface area contributed by atoms with Gasteiger partial charge in [-0.1, -0.05) is 19.3 Å². The second-order valence-corrected chi connectivity index (χ2v) is 5.70.